The van der Waals surface area contributed by atoms with Crippen molar-refractivity contribution in [2.75, 3.05) is 0 Å². The summed E-state index contributed by atoms with van der Waals surface area (Å²) >= 11 is 3.47. The number of halogens is 1. The van der Waals surface area contributed by atoms with Gasteiger partial charge in [0.1, 0.15) is 0 Å². The third-order valence-electron chi connectivity index (χ3n) is 2.26. The summed E-state index contributed by atoms with van der Waals surface area (Å²) in [7, 11) is 0. The van der Waals surface area contributed by atoms with Gasteiger partial charge in [0.15, 0.2) is 0 Å². The van der Waals surface area contributed by atoms with Gasteiger partial charge in [-0.1, -0.05) is 58.4 Å². The maximum Gasteiger partial charge on any atom is 0.0178 e. The second-order valence-electron chi connectivity index (χ2n) is 3.45. The first-order valence-electron chi connectivity index (χ1n) is 4.97. The second-order valence-corrected chi connectivity index (χ2v) is 4.36. The molecule has 0 fully saturated rings. The van der Waals surface area contributed by atoms with Gasteiger partial charge in [-0.2, -0.15) is 0 Å². The van der Waals surface area contributed by atoms with Gasteiger partial charge in [0, 0.05) is 4.47 Å². The van der Waals surface area contributed by atoms with E-state index in [0.29, 0.717) is 0 Å². The molecule has 0 bridgehead atoms. The summed E-state index contributed by atoms with van der Waals surface area (Å²) in [6, 6.07) is 18.8. The molecule has 0 aliphatic carbocycles. The molecule has 0 aliphatic rings. The predicted octanol–water partition coefficient (Wildman–Crippen LogP) is 4.24. The Kier molecular flexibility index (Phi) is 3.57. The molecule has 0 aliphatic heterocycles. The van der Waals surface area contributed by atoms with Crippen LogP contribution in [-0.2, 0) is 6.42 Å². The van der Waals surface area contributed by atoms with Crippen LogP contribution in [0.25, 0.3) is 0 Å². The summed E-state index contributed by atoms with van der Waals surface area (Å²) in [4.78, 5) is 0. The summed E-state index contributed by atoms with van der Waals surface area (Å²) < 4.78 is 1.13. The first kappa shape index (κ1) is 10.4. The molecule has 0 spiro atoms. The lowest BCUT2D eigenvalue weighted by molar-refractivity contribution is 1.17. The summed E-state index contributed by atoms with van der Waals surface area (Å²) in [5, 5.41) is 0. The minimum atomic E-state index is 0.983. The van der Waals surface area contributed by atoms with Crippen LogP contribution < -0.4 is 0 Å². The minimum absolute atomic E-state index is 0.983. The Hall–Kier alpha value is -1.08. The predicted molar refractivity (Wildman–Crippen MR) is 67.7 cm³/mol. The van der Waals surface area contributed by atoms with Crippen LogP contribution in [0.3, 0.4) is 0 Å². The van der Waals surface area contributed by atoms with E-state index in [-0.39, 0.29) is 0 Å². The molecule has 1 heteroatoms. The lowest BCUT2D eigenvalue weighted by atomic mass is 10.0. The van der Waals surface area contributed by atoms with Gasteiger partial charge in [-0.15, -0.1) is 0 Å². The SMILES string of the molecule is Brc1cccc([CH]Cc2ccccc2)c1. The lowest BCUT2D eigenvalue weighted by Crippen LogP contribution is -1.87. The van der Waals surface area contributed by atoms with Gasteiger partial charge in [-0.05, 0) is 36.1 Å². The summed E-state index contributed by atoms with van der Waals surface area (Å²) in [6.45, 7) is 0. The zero-order chi connectivity index (χ0) is 10.5. The Morgan fingerprint density at radius 1 is 0.933 bits per heavy atom. The van der Waals surface area contributed by atoms with E-state index in [0.717, 1.165) is 10.9 Å². The van der Waals surface area contributed by atoms with Gasteiger partial charge in [-0.3, -0.25) is 0 Å². The number of hydrogen-bond acceptors (Lipinski definition) is 0. The number of hydrogen-bond donors (Lipinski definition) is 0. The third kappa shape index (κ3) is 3.21. The van der Waals surface area contributed by atoms with Crippen molar-refractivity contribution in [3.63, 3.8) is 0 Å². The highest BCUT2D eigenvalue weighted by molar-refractivity contribution is 9.10. The van der Waals surface area contributed by atoms with Crippen LogP contribution in [-0.4, -0.2) is 0 Å². The van der Waals surface area contributed by atoms with Crippen molar-refractivity contribution in [3.05, 3.63) is 76.6 Å². The summed E-state index contributed by atoms with van der Waals surface area (Å²) in [6.07, 6.45) is 3.22. The Morgan fingerprint density at radius 3 is 2.47 bits per heavy atom. The molecule has 0 atom stereocenters. The van der Waals surface area contributed by atoms with Crippen molar-refractivity contribution >= 4 is 15.9 Å². The van der Waals surface area contributed by atoms with Crippen LogP contribution in [0.15, 0.2) is 59.1 Å². The fourth-order valence-corrected chi connectivity index (χ4v) is 1.90. The number of benzene rings is 2. The highest BCUT2D eigenvalue weighted by atomic mass is 79.9. The molecular weight excluding hydrogens is 248 g/mol. The van der Waals surface area contributed by atoms with Crippen molar-refractivity contribution in [1.82, 2.24) is 0 Å². The first-order chi connectivity index (χ1) is 7.34. The number of rotatable bonds is 3. The molecule has 15 heavy (non-hydrogen) atoms. The van der Waals surface area contributed by atoms with Gasteiger partial charge in [-0.25, -0.2) is 0 Å². The highest BCUT2D eigenvalue weighted by Crippen LogP contribution is 2.14. The standard InChI is InChI=1S/C14H12Br/c15-14-8-4-7-13(11-14)10-9-12-5-2-1-3-6-12/h1-8,10-11H,9H2. The maximum atomic E-state index is 3.47. The van der Waals surface area contributed by atoms with E-state index < -0.39 is 0 Å². The first-order valence-corrected chi connectivity index (χ1v) is 5.76. The largest absolute Gasteiger partial charge is 0.0622 e. The Labute approximate surface area is 99.1 Å². The molecule has 0 amide bonds. The normalized spacial score (nSPS) is 10.2. The Morgan fingerprint density at radius 2 is 1.73 bits per heavy atom. The maximum absolute atomic E-state index is 3.47. The van der Waals surface area contributed by atoms with E-state index in [2.05, 4.69) is 64.8 Å². The van der Waals surface area contributed by atoms with Gasteiger partial charge in [0.2, 0.25) is 0 Å². The van der Waals surface area contributed by atoms with Crippen LogP contribution in [0, 0.1) is 6.42 Å². The summed E-state index contributed by atoms with van der Waals surface area (Å²) in [5.74, 6) is 0. The van der Waals surface area contributed by atoms with E-state index in [1.807, 2.05) is 12.1 Å². The topological polar surface area (TPSA) is 0 Å². The smallest absolute Gasteiger partial charge is 0.0178 e. The van der Waals surface area contributed by atoms with Gasteiger partial charge in [0.05, 0.1) is 0 Å². The fourth-order valence-electron chi connectivity index (χ4n) is 1.48. The van der Waals surface area contributed by atoms with Gasteiger partial charge >= 0.3 is 0 Å². The Balaban J connectivity index is 1.99. The molecule has 0 saturated carbocycles. The van der Waals surface area contributed by atoms with E-state index in [9.17, 15) is 0 Å². The molecule has 2 aromatic rings. The quantitative estimate of drug-likeness (QED) is 0.774. The van der Waals surface area contributed by atoms with Crippen molar-refractivity contribution in [2.24, 2.45) is 0 Å². The molecule has 0 unspecified atom stereocenters. The van der Waals surface area contributed by atoms with Crippen molar-refractivity contribution in [3.8, 4) is 0 Å². The van der Waals surface area contributed by atoms with E-state index in [1.54, 1.807) is 0 Å². The van der Waals surface area contributed by atoms with Gasteiger partial charge in [0.25, 0.3) is 0 Å². The second kappa shape index (κ2) is 5.13. The van der Waals surface area contributed by atoms with Crippen LogP contribution in [0.4, 0.5) is 0 Å². The molecule has 1 radical (unpaired) electrons. The lowest BCUT2D eigenvalue weighted by Gasteiger charge is -2.01. The molecule has 0 nitrogen and oxygen atoms in total. The molecule has 75 valence electrons. The molecular formula is C14H12Br. The van der Waals surface area contributed by atoms with Crippen LogP contribution in [0.2, 0.25) is 0 Å². The van der Waals surface area contributed by atoms with Crippen molar-refractivity contribution in [1.29, 1.82) is 0 Å². The Bertz CT molecular complexity index is 420. The van der Waals surface area contributed by atoms with Crippen LogP contribution >= 0.6 is 15.9 Å². The molecule has 0 aromatic heterocycles. The average Bonchev–Trinajstić information content (AvgIpc) is 2.28. The fraction of sp³-hybridized carbons (Fsp3) is 0.0714. The van der Waals surface area contributed by atoms with E-state index in [4.69, 9.17) is 0 Å². The summed E-state index contributed by atoms with van der Waals surface area (Å²) in [5.41, 5.74) is 2.60. The van der Waals surface area contributed by atoms with Gasteiger partial charge < -0.3 is 0 Å². The minimum Gasteiger partial charge on any atom is -0.0622 e. The van der Waals surface area contributed by atoms with Crippen LogP contribution in [0.1, 0.15) is 11.1 Å². The third-order valence-corrected chi connectivity index (χ3v) is 2.76. The van der Waals surface area contributed by atoms with Crippen molar-refractivity contribution < 1.29 is 0 Å². The van der Waals surface area contributed by atoms with Crippen molar-refractivity contribution in [2.45, 2.75) is 6.42 Å². The highest BCUT2D eigenvalue weighted by Gasteiger charge is 1.96. The molecule has 0 saturated heterocycles. The zero-order valence-corrected chi connectivity index (χ0v) is 9.94. The van der Waals surface area contributed by atoms with E-state index >= 15 is 0 Å². The van der Waals surface area contributed by atoms with E-state index in [1.165, 1.54) is 11.1 Å². The zero-order valence-electron chi connectivity index (χ0n) is 8.36. The average molecular weight is 260 g/mol. The van der Waals surface area contributed by atoms with Crippen LogP contribution in [0.5, 0.6) is 0 Å². The molecule has 2 aromatic carbocycles. The molecule has 0 heterocycles. The molecule has 0 N–H and O–H groups in total. The monoisotopic (exact) mass is 259 g/mol. The molecule has 2 rings (SSSR count).